The Morgan fingerprint density at radius 1 is 1.26 bits per heavy atom. The van der Waals surface area contributed by atoms with Crippen molar-refractivity contribution in [3.05, 3.63) is 35.8 Å². The Hall–Kier alpha value is -2.35. The molecule has 146 valence electrons. The minimum Gasteiger partial charge on any atom is -0.469 e. The Morgan fingerprint density at radius 2 is 2.11 bits per heavy atom. The molecule has 0 spiro atoms. The third-order valence-corrected chi connectivity index (χ3v) is 5.08. The molecule has 4 rings (SSSR count). The number of aryl methyl sites for hydroxylation is 2. The fourth-order valence-electron chi connectivity index (χ4n) is 3.65. The number of furan rings is 1. The van der Waals surface area contributed by atoms with Crippen LogP contribution in [-0.4, -0.2) is 52.6 Å². The van der Waals surface area contributed by atoms with Crippen molar-refractivity contribution in [3.8, 4) is 0 Å². The van der Waals surface area contributed by atoms with Gasteiger partial charge in [-0.1, -0.05) is 0 Å². The number of aromatic nitrogens is 3. The molecule has 0 saturated carbocycles. The molecule has 1 fully saturated rings. The summed E-state index contributed by atoms with van der Waals surface area (Å²) in [6.07, 6.45) is 6.50. The van der Waals surface area contributed by atoms with Crippen LogP contribution >= 0.6 is 0 Å². The molecule has 27 heavy (non-hydrogen) atoms. The summed E-state index contributed by atoms with van der Waals surface area (Å²) in [6, 6.07) is 4.61. The normalized spacial score (nSPS) is 21.1. The highest BCUT2D eigenvalue weighted by Crippen LogP contribution is 2.13. The summed E-state index contributed by atoms with van der Waals surface area (Å²) in [5, 5.41) is 11.7. The molecular formula is C19H28N6O2. The molecule has 0 radical (unpaired) electrons. The van der Waals surface area contributed by atoms with Crippen LogP contribution in [0, 0.1) is 6.92 Å². The Balaban J connectivity index is 1.38. The second-order valence-corrected chi connectivity index (χ2v) is 7.23. The zero-order valence-corrected chi connectivity index (χ0v) is 15.9. The second kappa shape index (κ2) is 8.56. The van der Waals surface area contributed by atoms with Crippen LogP contribution in [-0.2, 0) is 24.1 Å². The predicted molar refractivity (Wildman–Crippen MR) is 102 cm³/mol. The average Bonchev–Trinajstić information content (AvgIpc) is 3.31. The maximum Gasteiger partial charge on any atom is 0.191 e. The van der Waals surface area contributed by atoms with Gasteiger partial charge in [0.25, 0.3) is 0 Å². The first-order valence-electron chi connectivity index (χ1n) is 9.84. The number of hydrogen-bond acceptors (Lipinski definition) is 5. The number of nitrogens with zero attached hydrogens (tertiary/aromatic N) is 4. The monoisotopic (exact) mass is 372 g/mol. The van der Waals surface area contributed by atoms with Crippen LogP contribution in [0.3, 0.4) is 0 Å². The maximum atomic E-state index is 5.47. The van der Waals surface area contributed by atoms with E-state index in [9.17, 15) is 0 Å². The molecule has 1 atom stereocenters. The van der Waals surface area contributed by atoms with E-state index < -0.39 is 0 Å². The summed E-state index contributed by atoms with van der Waals surface area (Å²) in [6.45, 7) is 5.07. The van der Waals surface area contributed by atoms with Crippen LogP contribution in [0.4, 0.5) is 0 Å². The first-order valence-corrected chi connectivity index (χ1v) is 9.84. The number of fused-ring (bicyclic) bond motifs is 1. The lowest BCUT2D eigenvalue weighted by Gasteiger charge is -2.29. The fourth-order valence-corrected chi connectivity index (χ4v) is 3.65. The van der Waals surface area contributed by atoms with Crippen molar-refractivity contribution < 1.29 is 9.15 Å². The highest BCUT2D eigenvalue weighted by molar-refractivity contribution is 5.80. The van der Waals surface area contributed by atoms with E-state index in [0.717, 1.165) is 75.2 Å². The number of rotatable bonds is 5. The Kier molecular flexibility index (Phi) is 5.72. The number of aliphatic imine (C=N–C) groups is 1. The maximum absolute atomic E-state index is 5.47. The topological polar surface area (TPSA) is 89.5 Å². The molecule has 8 nitrogen and oxygen atoms in total. The van der Waals surface area contributed by atoms with Crippen molar-refractivity contribution in [2.24, 2.45) is 4.99 Å². The second-order valence-electron chi connectivity index (χ2n) is 7.23. The molecular weight excluding hydrogens is 344 g/mol. The molecule has 2 aromatic rings. The molecule has 0 bridgehead atoms. The summed E-state index contributed by atoms with van der Waals surface area (Å²) in [5.74, 6) is 3.76. The van der Waals surface area contributed by atoms with Gasteiger partial charge in [0.1, 0.15) is 17.4 Å². The molecule has 4 heterocycles. The van der Waals surface area contributed by atoms with Gasteiger partial charge in [-0.05, 0) is 38.3 Å². The molecule has 1 saturated heterocycles. The van der Waals surface area contributed by atoms with Gasteiger partial charge < -0.3 is 19.8 Å². The van der Waals surface area contributed by atoms with E-state index in [2.05, 4.69) is 20.7 Å². The smallest absolute Gasteiger partial charge is 0.191 e. The number of hydrogen-bond donors (Lipinski definition) is 2. The van der Waals surface area contributed by atoms with Gasteiger partial charge in [0.2, 0.25) is 0 Å². The minimum atomic E-state index is 0.299. The first kappa shape index (κ1) is 18.0. The number of ether oxygens (including phenoxy) is 1. The van der Waals surface area contributed by atoms with Crippen molar-refractivity contribution in [1.82, 2.24) is 25.4 Å². The quantitative estimate of drug-likeness (QED) is 0.610. The molecule has 2 aromatic heterocycles. The highest BCUT2D eigenvalue weighted by atomic mass is 16.5. The summed E-state index contributed by atoms with van der Waals surface area (Å²) < 4.78 is 12.9. The molecule has 8 heteroatoms. The van der Waals surface area contributed by atoms with Crippen LogP contribution in [0.2, 0.25) is 0 Å². The lowest BCUT2D eigenvalue weighted by atomic mass is 10.1. The standard InChI is InChI=1S/C19H28N6O2/c1-14-21-18-5-4-16(13-25(18)24-14)23-19(22-15-7-11-26-12-8-15)20-9-6-17-3-2-10-27-17/h2-3,10,15-16H,4-9,11-13H2,1H3,(H2,20,22,23). The van der Waals surface area contributed by atoms with Gasteiger partial charge >= 0.3 is 0 Å². The van der Waals surface area contributed by atoms with E-state index >= 15 is 0 Å². The van der Waals surface area contributed by atoms with Crippen molar-refractivity contribution in [1.29, 1.82) is 0 Å². The Labute approximate surface area is 159 Å². The van der Waals surface area contributed by atoms with Crippen LogP contribution in [0.1, 0.15) is 36.7 Å². The summed E-state index contributed by atoms with van der Waals surface area (Å²) in [7, 11) is 0. The van der Waals surface area contributed by atoms with E-state index in [1.54, 1.807) is 6.26 Å². The van der Waals surface area contributed by atoms with Gasteiger partial charge in [-0.2, -0.15) is 5.10 Å². The highest BCUT2D eigenvalue weighted by Gasteiger charge is 2.23. The zero-order chi connectivity index (χ0) is 18.5. The number of guanidine groups is 1. The predicted octanol–water partition coefficient (Wildman–Crippen LogP) is 1.45. The van der Waals surface area contributed by atoms with Crippen molar-refractivity contribution in [2.75, 3.05) is 19.8 Å². The molecule has 0 aromatic carbocycles. The third-order valence-electron chi connectivity index (χ3n) is 5.08. The minimum absolute atomic E-state index is 0.299. The van der Waals surface area contributed by atoms with Crippen LogP contribution in [0.25, 0.3) is 0 Å². The van der Waals surface area contributed by atoms with E-state index in [1.165, 1.54) is 0 Å². The molecule has 2 aliphatic heterocycles. The van der Waals surface area contributed by atoms with E-state index in [1.807, 2.05) is 23.7 Å². The van der Waals surface area contributed by atoms with Gasteiger partial charge in [-0.15, -0.1) is 0 Å². The molecule has 2 aliphatic rings. The SMILES string of the molecule is Cc1nc2n(n1)CC(NC(=NCCc1ccco1)NC1CCOCC1)CC2. The summed E-state index contributed by atoms with van der Waals surface area (Å²) in [4.78, 5) is 9.29. The van der Waals surface area contributed by atoms with Gasteiger partial charge in [0.15, 0.2) is 5.96 Å². The fraction of sp³-hybridized carbons (Fsp3) is 0.632. The lowest BCUT2D eigenvalue weighted by molar-refractivity contribution is 0.0821. The van der Waals surface area contributed by atoms with Gasteiger partial charge in [-0.3, -0.25) is 4.99 Å². The van der Waals surface area contributed by atoms with Crippen LogP contribution < -0.4 is 10.6 Å². The van der Waals surface area contributed by atoms with Gasteiger partial charge in [-0.25, -0.2) is 9.67 Å². The van der Waals surface area contributed by atoms with E-state index in [0.29, 0.717) is 18.6 Å². The van der Waals surface area contributed by atoms with Crippen molar-refractivity contribution >= 4 is 5.96 Å². The zero-order valence-electron chi connectivity index (χ0n) is 15.9. The largest absolute Gasteiger partial charge is 0.469 e. The van der Waals surface area contributed by atoms with Crippen molar-refractivity contribution in [2.45, 2.75) is 57.7 Å². The molecule has 0 aliphatic carbocycles. The summed E-state index contributed by atoms with van der Waals surface area (Å²) >= 11 is 0. The molecule has 1 unspecified atom stereocenters. The Bertz CT molecular complexity index is 748. The number of nitrogens with one attached hydrogen (secondary N) is 2. The molecule has 0 amide bonds. The van der Waals surface area contributed by atoms with Gasteiger partial charge in [0.05, 0.1) is 12.8 Å². The Morgan fingerprint density at radius 3 is 2.93 bits per heavy atom. The summed E-state index contributed by atoms with van der Waals surface area (Å²) in [5.41, 5.74) is 0. The van der Waals surface area contributed by atoms with E-state index in [4.69, 9.17) is 14.1 Å². The average molecular weight is 372 g/mol. The first-order chi connectivity index (χ1) is 13.3. The van der Waals surface area contributed by atoms with Crippen LogP contribution in [0.5, 0.6) is 0 Å². The van der Waals surface area contributed by atoms with Crippen molar-refractivity contribution in [3.63, 3.8) is 0 Å². The lowest BCUT2D eigenvalue weighted by Crippen LogP contribution is -2.51. The van der Waals surface area contributed by atoms with E-state index in [-0.39, 0.29) is 0 Å². The van der Waals surface area contributed by atoms with Crippen LogP contribution in [0.15, 0.2) is 27.8 Å². The molecule has 2 N–H and O–H groups in total. The third kappa shape index (κ3) is 4.88. The van der Waals surface area contributed by atoms with Gasteiger partial charge in [0, 0.05) is 44.7 Å².